The summed E-state index contributed by atoms with van der Waals surface area (Å²) in [5.41, 5.74) is 3.27. The van der Waals surface area contributed by atoms with Crippen molar-refractivity contribution < 1.29 is 4.79 Å². The second kappa shape index (κ2) is 5.86. The van der Waals surface area contributed by atoms with Gasteiger partial charge in [0.25, 0.3) is 5.91 Å². The summed E-state index contributed by atoms with van der Waals surface area (Å²) in [6, 6.07) is 2.64. The van der Waals surface area contributed by atoms with E-state index in [0.717, 1.165) is 17.0 Å². The summed E-state index contributed by atoms with van der Waals surface area (Å²) in [5, 5.41) is 1.94. The maximum Gasteiger partial charge on any atom is 0.275 e. The Bertz CT molecular complexity index is 388. The number of rotatable bonds is 4. The fraction of sp³-hybridized carbons (Fsp3) is 0.545. The number of thioether (sulfide) groups is 1. The summed E-state index contributed by atoms with van der Waals surface area (Å²) in [7, 11) is 2.12. The minimum Gasteiger partial charge on any atom is -0.298 e. The lowest BCUT2D eigenvalue weighted by atomic mass is 10.2. The smallest absolute Gasteiger partial charge is 0.275 e. The number of carbonyl (C=O) groups excluding carboxylic acids is 1. The number of nitrogens with one attached hydrogen (secondary N) is 1. The predicted molar refractivity (Wildman–Crippen MR) is 73.2 cm³/mol. The molecule has 0 aliphatic carbocycles. The van der Waals surface area contributed by atoms with Crippen molar-refractivity contribution in [1.29, 1.82) is 0 Å². The Kier molecular flexibility index (Phi) is 4.44. The molecular formula is C11H17N3OS2. The zero-order valence-corrected chi connectivity index (χ0v) is 11.4. The zero-order valence-electron chi connectivity index (χ0n) is 9.81. The van der Waals surface area contributed by atoms with Crippen LogP contribution in [0, 0.1) is 0 Å². The fourth-order valence-corrected chi connectivity index (χ4v) is 4.11. The number of thiophene rings is 1. The standard InChI is InChI=1S/C11H17N3OS2/c1-14(9-3-4-16-7-9)6-8-2-5-17-10(8)11(15)13-12/h2,5,9H,3-4,6-7,12H2,1H3,(H,13,15). The molecule has 6 heteroatoms. The number of nitrogen functional groups attached to an aromatic ring is 1. The molecule has 1 aliphatic rings. The van der Waals surface area contributed by atoms with Crippen molar-refractivity contribution in [2.24, 2.45) is 5.84 Å². The van der Waals surface area contributed by atoms with Gasteiger partial charge in [0.05, 0.1) is 4.88 Å². The van der Waals surface area contributed by atoms with Crippen molar-refractivity contribution in [3.63, 3.8) is 0 Å². The molecule has 0 bridgehead atoms. The minimum atomic E-state index is -0.191. The van der Waals surface area contributed by atoms with Crippen LogP contribution in [0.5, 0.6) is 0 Å². The van der Waals surface area contributed by atoms with E-state index < -0.39 is 0 Å². The number of hydrogen-bond donors (Lipinski definition) is 2. The molecule has 17 heavy (non-hydrogen) atoms. The second-order valence-corrected chi connectivity index (χ2v) is 6.25. The number of nitrogens with two attached hydrogens (primary N) is 1. The first kappa shape index (κ1) is 12.9. The van der Waals surface area contributed by atoms with Gasteiger partial charge in [0, 0.05) is 18.3 Å². The lowest BCUT2D eigenvalue weighted by molar-refractivity contribution is 0.0955. The van der Waals surface area contributed by atoms with Gasteiger partial charge in [-0.3, -0.25) is 15.1 Å². The van der Waals surface area contributed by atoms with Gasteiger partial charge < -0.3 is 0 Å². The van der Waals surface area contributed by atoms with Crippen LogP contribution in [-0.2, 0) is 6.54 Å². The average Bonchev–Trinajstić information content (AvgIpc) is 2.98. The van der Waals surface area contributed by atoms with Crippen molar-refractivity contribution >= 4 is 29.0 Å². The number of hydrazine groups is 1. The third kappa shape index (κ3) is 3.01. The van der Waals surface area contributed by atoms with Crippen molar-refractivity contribution in [1.82, 2.24) is 10.3 Å². The van der Waals surface area contributed by atoms with Crippen molar-refractivity contribution in [2.75, 3.05) is 18.6 Å². The van der Waals surface area contributed by atoms with E-state index in [1.807, 2.05) is 23.2 Å². The molecule has 1 aromatic heterocycles. The van der Waals surface area contributed by atoms with Crippen LogP contribution in [0.4, 0.5) is 0 Å². The highest BCUT2D eigenvalue weighted by Gasteiger charge is 2.21. The molecule has 1 amide bonds. The highest BCUT2D eigenvalue weighted by atomic mass is 32.2. The quantitative estimate of drug-likeness (QED) is 0.492. The highest BCUT2D eigenvalue weighted by molar-refractivity contribution is 7.99. The molecule has 2 heterocycles. The average molecular weight is 271 g/mol. The van der Waals surface area contributed by atoms with Gasteiger partial charge in [0.15, 0.2) is 0 Å². The highest BCUT2D eigenvalue weighted by Crippen LogP contribution is 2.24. The third-order valence-electron chi connectivity index (χ3n) is 3.03. The Balaban J connectivity index is 2.02. The molecule has 0 saturated carbocycles. The van der Waals surface area contributed by atoms with Gasteiger partial charge >= 0.3 is 0 Å². The Morgan fingerprint density at radius 1 is 1.71 bits per heavy atom. The van der Waals surface area contributed by atoms with Crippen LogP contribution in [0.15, 0.2) is 11.4 Å². The molecule has 0 radical (unpaired) electrons. The summed E-state index contributed by atoms with van der Waals surface area (Å²) < 4.78 is 0. The molecule has 3 N–H and O–H groups in total. The second-order valence-electron chi connectivity index (χ2n) is 4.18. The summed E-state index contributed by atoms with van der Waals surface area (Å²) >= 11 is 3.44. The van der Waals surface area contributed by atoms with Crippen LogP contribution in [-0.4, -0.2) is 35.4 Å². The lowest BCUT2D eigenvalue weighted by Gasteiger charge is -2.23. The van der Waals surface area contributed by atoms with Crippen LogP contribution in [0.1, 0.15) is 21.7 Å². The molecule has 1 saturated heterocycles. The molecule has 94 valence electrons. The van der Waals surface area contributed by atoms with Gasteiger partial charge in [0.2, 0.25) is 0 Å². The molecule has 1 aromatic rings. The van der Waals surface area contributed by atoms with Gasteiger partial charge in [-0.15, -0.1) is 11.3 Å². The SMILES string of the molecule is CN(Cc1ccsc1C(=O)NN)C1CCSC1. The van der Waals surface area contributed by atoms with Crippen molar-refractivity contribution in [3.8, 4) is 0 Å². The van der Waals surface area contributed by atoms with E-state index in [1.54, 1.807) is 0 Å². The van der Waals surface area contributed by atoms with E-state index in [1.165, 1.54) is 29.3 Å². The number of nitrogens with zero attached hydrogens (tertiary/aromatic N) is 1. The van der Waals surface area contributed by atoms with Gasteiger partial charge in [-0.25, -0.2) is 5.84 Å². The maximum absolute atomic E-state index is 11.5. The Hall–Kier alpha value is -0.560. The maximum atomic E-state index is 11.5. The number of amides is 1. The molecule has 1 aliphatic heterocycles. The lowest BCUT2D eigenvalue weighted by Crippen LogP contribution is -2.33. The van der Waals surface area contributed by atoms with Gasteiger partial charge in [-0.2, -0.15) is 11.8 Å². The normalized spacial score (nSPS) is 19.8. The monoisotopic (exact) mass is 271 g/mol. The van der Waals surface area contributed by atoms with Gasteiger partial charge in [-0.1, -0.05) is 0 Å². The van der Waals surface area contributed by atoms with Crippen molar-refractivity contribution in [3.05, 3.63) is 21.9 Å². The fourth-order valence-electron chi connectivity index (χ4n) is 1.99. The van der Waals surface area contributed by atoms with E-state index >= 15 is 0 Å². The van der Waals surface area contributed by atoms with E-state index in [9.17, 15) is 4.79 Å². The van der Waals surface area contributed by atoms with Crippen LogP contribution < -0.4 is 11.3 Å². The third-order valence-corrected chi connectivity index (χ3v) is 5.13. The zero-order chi connectivity index (χ0) is 12.3. The van der Waals surface area contributed by atoms with E-state index in [-0.39, 0.29) is 5.91 Å². The predicted octanol–water partition coefficient (Wildman–Crippen LogP) is 1.29. The Labute approximate surface area is 110 Å². The number of hydrogen-bond acceptors (Lipinski definition) is 5. The van der Waals surface area contributed by atoms with Crippen LogP contribution in [0.25, 0.3) is 0 Å². The Morgan fingerprint density at radius 2 is 2.53 bits per heavy atom. The number of carbonyl (C=O) groups is 1. The topological polar surface area (TPSA) is 58.4 Å². The summed E-state index contributed by atoms with van der Waals surface area (Å²) in [4.78, 5) is 14.6. The first-order valence-electron chi connectivity index (χ1n) is 5.57. The van der Waals surface area contributed by atoms with Crippen LogP contribution in [0.2, 0.25) is 0 Å². The van der Waals surface area contributed by atoms with Gasteiger partial charge in [0.1, 0.15) is 0 Å². The molecule has 1 unspecified atom stereocenters. The Morgan fingerprint density at radius 3 is 3.18 bits per heavy atom. The van der Waals surface area contributed by atoms with Crippen LogP contribution >= 0.6 is 23.1 Å². The molecular weight excluding hydrogens is 254 g/mol. The van der Waals surface area contributed by atoms with Crippen molar-refractivity contribution in [2.45, 2.75) is 19.0 Å². The first-order chi connectivity index (χ1) is 8.22. The summed E-state index contributed by atoms with van der Waals surface area (Å²) in [5.74, 6) is 7.42. The first-order valence-corrected chi connectivity index (χ1v) is 7.61. The minimum absolute atomic E-state index is 0.191. The molecule has 1 fully saturated rings. The summed E-state index contributed by atoms with van der Waals surface area (Å²) in [6.07, 6.45) is 1.24. The molecule has 4 nitrogen and oxygen atoms in total. The molecule has 2 rings (SSSR count). The van der Waals surface area contributed by atoms with Gasteiger partial charge in [-0.05, 0) is 36.2 Å². The summed E-state index contributed by atoms with van der Waals surface area (Å²) in [6.45, 7) is 0.817. The molecule has 0 aromatic carbocycles. The van der Waals surface area contributed by atoms with Crippen LogP contribution in [0.3, 0.4) is 0 Å². The van der Waals surface area contributed by atoms with E-state index in [4.69, 9.17) is 5.84 Å². The largest absolute Gasteiger partial charge is 0.298 e. The molecule has 1 atom stereocenters. The van der Waals surface area contributed by atoms with E-state index in [0.29, 0.717) is 6.04 Å². The molecule has 0 spiro atoms. The van der Waals surface area contributed by atoms with E-state index in [2.05, 4.69) is 17.4 Å².